The molecule has 0 amide bonds. The first-order valence-corrected chi connectivity index (χ1v) is 9.24. The van der Waals surface area contributed by atoms with E-state index in [9.17, 15) is 0 Å². The number of nitrogens with zero attached hydrogens (tertiary/aromatic N) is 2. The van der Waals surface area contributed by atoms with Gasteiger partial charge in [-0.05, 0) is 44.7 Å². The predicted octanol–water partition coefficient (Wildman–Crippen LogP) is 2.51. The van der Waals surface area contributed by atoms with Gasteiger partial charge < -0.3 is 14.2 Å². The van der Waals surface area contributed by atoms with Crippen molar-refractivity contribution in [3.05, 3.63) is 24.5 Å². The third-order valence-corrected chi connectivity index (χ3v) is 5.71. The van der Waals surface area contributed by atoms with Crippen LogP contribution in [0.3, 0.4) is 0 Å². The number of fused-ring (bicyclic) bond motifs is 1. The first-order chi connectivity index (χ1) is 11.7. The molecule has 132 valence electrons. The van der Waals surface area contributed by atoms with Crippen LogP contribution in [0.5, 0.6) is 5.75 Å². The van der Waals surface area contributed by atoms with Crippen LogP contribution < -0.4 is 4.74 Å². The van der Waals surface area contributed by atoms with Crippen LogP contribution in [0.2, 0.25) is 0 Å². The van der Waals surface area contributed by atoms with Crippen LogP contribution in [0, 0.1) is 5.92 Å². The first kappa shape index (κ1) is 16.3. The molecule has 4 heterocycles. The van der Waals surface area contributed by atoms with Gasteiger partial charge in [-0.15, -0.1) is 0 Å². The van der Waals surface area contributed by atoms with Crippen molar-refractivity contribution < 1.29 is 14.2 Å². The minimum absolute atomic E-state index is 0.184. The Labute approximate surface area is 144 Å². The van der Waals surface area contributed by atoms with Gasteiger partial charge in [0.15, 0.2) is 0 Å². The zero-order valence-electron chi connectivity index (χ0n) is 14.5. The van der Waals surface area contributed by atoms with Crippen molar-refractivity contribution in [1.82, 2.24) is 9.88 Å². The average molecular weight is 332 g/mol. The molecule has 1 aromatic heterocycles. The van der Waals surface area contributed by atoms with Gasteiger partial charge in [0.05, 0.1) is 12.3 Å². The minimum atomic E-state index is -0.184. The largest absolute Gasteiger partial charge is 0.489 e. The molecule has 3 saturated heterocycles. The SMILES string of the molecule is C[C@]1(COc2cccnc2)C[C@@H]2CN(C3CCOCC3)CC[C@@H]2O1. The molecule has 3 aliphatic rings. The standard InChI is InChI=1S/C19H28N2O3/c1-19(14-23-17-3-2-7-20-12-17)11-15-13-21(8-4-18(15)24-19)16-5-9-22-10-6-16/h2-3,7,12,15-16,18H,4-6,8-11,13-14H2,1H3/t15-,18+,19-/m1/s1. The molecule has 0 N–H and O–H groups in total. The third kappa shape index (κ3) is 3.58. The molecular formula is C19H28N2O3. The number of piperidine rings is 1. The lowest BCUT2D eigenvalue weighted by Gasteiger charge is -2.40. The summed E-state index contributed by atoms with van der Waals surface area (Å²) in [5.74, 6) is 1.45. The highest BCUT2D eigenvalue weighted by molar-refractivity contribution is 5.15. The Bertz CT molecular complexity index is 535. The lowest BCUT2D eigenvalue weighted by atomic mass is 9.88. The highest BCUT2D eigenvalue weighted by atomic mass is 16.6. The van der Waals surface area contributed by atoms with Gasteiger partial charge in [-0.3, -0.25) is 9.88 Å². The Morgan fingerprint density at radius 2 is 2.21 bits per heavy atom. The summed E-state index contributed by atoms with van der Waals surface area (Å²) in [6.45, 7) is 6.96. The summed E-state index contributed by atoms with van der Waals surface area (Å²) >= 11 is 0. The molecule has 4 rings (SSSR count). The van der Waals surface area contributed by atoms with Gasteiger partial charge in [-0.1, -0.05) is 0 Å². The van der Waals surface area contributed by atoms with Gasteiger partial charge >= 0.3 is 0 Å². The molecule has 3 atom stereocenters. The fourth-order valence-electron chi connectivity index (χ4n) is 4.50. The van der Waals surface area contributed by atoms with Crippen molar-refractivity contribution in [3.63, 3.8) is 0 Å². The van der Waals surface area contributed by atoms with E-state index in [1.165, 1.54) is 12.8 Å². The summed E-state index contributed by atoms with van der Waals surface area (Å²) in [6, 6.07) is 4.56. The van der Waals surface area contributed by atoms with Gasteiger partial charge in [-0.25, -0.2) is 0 Å². The van der Waals surface area contributed by atoms with E-state index >= 15 is 0 Å². The first-order valence-electron chi connectivity index (χ1n) is 9.24. The Hall–Kier alpha value is -1.17. The maximum absolute atomic E-state index is 6.41. The molecule has 0 unspecified atom stereocenters. The van der Waals surface area contributed by atoms with Gasteiger partial charge in [0.2, 0.25) is 0 Å². The summed E-state index contributed by atoms with van der Waals surface area (Å²) in [7, 11) is 0. The Kier molecular flexibility index (Phi) is 4.74. The fourth-order valence-corrected chi connectivity index (χ4v) is 4.50. The van der Waals surface area contributed by atoms with E-state index in [-0.39, 0.29) is 5.60 Å². The molecule has 5 heteroatoms. The average Bonchev–Trinajstić information content (AvgIpc) is 2.97. The molecule has 0 aliphatic carbocycles. The van der Waals surface area contributed by atoms with Crippen LogP contribution in [0.1, 0.15) is 32.6 Å². The maximum Gasteiger partial charge on any atom is 0.137 e. The predicted molar refractivity (Wildman–Crippen MR) is 91.1 cm³/mol. The van der Waals surface area contributed by atoms with E-state index in [0.717, 1.165) is 44.9 Å². The maximum atomic E-state index is 6.41. The van der Waals surface area contributed by atoms with E-state index in [4.69, 9.17) is 14.2 Å². The molecule has 5 nitrogen and oxygen atoms in total. The van der Waals surface area contributed by atoms with Gasteiger partial charge in [-0.2, -0.15) is 0 Å². The van der Waals surface area contributed by atoms with Gasteiger partial charge in [0, 0.05) is 44.5 Å². The number of rotatable bonds is 4. The summed E-state index contributed by atoms with van der Waals surface area (Å²) < 4.78 is 17.8. The lowest BCUT2D eigenvalue weighted by Crippen LogP contribution is -2.48. The third-order valence-electron chi connectivity index (χ3n) is 5.71. The normalized spacial score (nSPS) is 34.9. The molecule has 0 bridgehead atoms. The second-order valence-corrected chi connectivity index (χ2v) is 7.67. The molecule has 3 fully saturated rings. The summed E-state index contributed by atoms with van der Waals surface area (Å²) in [4.78, 5) is 6.79. The van der Waals surface area contributed by atoms with E-state index in [0.29, 0.717) is 24.7 Å². The molecule has 0 spiro atoms. The lowest BCUT2D eigenvalue weighted by molar-refractivity contribution is -0.0752. The van der Waals surface area contributed by atoms with Crippen LogP contribution in [-0.2, 0) is 9.47 Å². The molecule has 1 aromatic rings. The van der Waals surface area contributed by atoms with Gasteiger partial charge in [0.25, 0.3) is 0 Å². The molecule has 3 aliphatic heterocycles. The zero-order valence-corrected chi connectivity index (χ0v) is 14.5. The van der Waals surface area contributed by atoms with Crippen molar-refractivity contribution >= 4 is 0 Å². The monoisotopic (exact) mass is 332 g/mol. The minimum Gasteiger partial charge on any atom is -0.489 e. The number of hydrogen-bond donors (Lipinski definition) is 0. The topological polar surface area (TPSA) is 43.8 Å². The van der Waals surface area contributed by atoms with E-state index in [1.807, 2.05) is 12.1 Å². The fraction of sp³-hybridized carbons (Fsp3) is 0.737. The second kappa shape index (κ2) is 6.98. The summed E-state index contributed by atoms with van der Waals surface area (Å²) in [5.41, 5.74) is -0.184. The smallest absolute Gasteiger partial charge is 0.137 e. The molecule has 0 aromatic carbocycles. The van der Waals surface area contributed by atoms with Crippen molar-refractivity contribution in [2.24, 2.45) is 5.92 Å². The molecule has 0 radical (unpaired) electrons. The summed E-state index contributed by atoms with van der Waals surface area (Å²) in [5, 5.41) is 0. The molecule has 0 saturated carbocycles. The second-order valence-electron chi connectivity index (χ2n) is 7.67. The van der Waals surface area contributed by atoms with Crippen LogP contribution in [0.25, 0.3) is 0 Å². The van der Waals surface area contributed by atoms with Crippen LogP contribution in [0.4, 0.5) is 0 Å². The van der Waals surface area contributed by atoms with Crippen molar-refractivity contribution in [1.29, 1.82) is 0 Å². The van der Waals surface area contributed by atoms with E-state index in [1.54, 1.807) is 12.4 Å². The van der Waals surface area contributed by atoms with Crippen molar-refractivity contribution in [3.8, 4) is 5.75 Å². The Morgan fingerprint density at radius 3 is 3.00 bits per heavy atom. The van der Waals surface area contributed by atoms with Crippen LogP contribution in [-0.4, -0.2) is 60.5 Å². The summed E-state index contributed by atoms with van der Waals surface area (Å²) in [6.07, 6.45) is 8.50. The van der Waals surface area contributed by atoms with E-state index in [2.05, 4.69) is 16.8 Å². The zero-order chi connectivity index (χ0) is 16.4. The highest BCUT2D eigenvalue weighted by Crippen LogP contribution is 2.40. The number of aromatic nitrogens is 1. The number of likely N-dealkylation sites (tertiary alicyclic amines) is 1. The van der Waals surface area contributed by atoms with Gasteiger partial charge in [0.1, 0.15) is 18.0 Å². The number of pyridine rings is 1. The highest BCUT2D eigenvalue weighted by Gasteiger charge is 2.46. The van der Waals surface area contributed by atoms with Crippen molar-refractivity contribution in [2.75, 3.05) is 32.9 Å². The number of ether oxygens (including phenoxy) is 3. The Morgan fingerprint density at radius 1 is 1.33 bits per heavy atom. The molecule has 24 heavy (non-hydrogen) atoms. The molecular weight excluding hydrogens is 304 g/mol. The van der Waals surface area contributed by atoms with E-state index < -0.39 is 0 Å². The van der Waals surface area contributed by atoms with Crippen LogP contribution >= 0.6 is 0 Å². The number of hydrogen-bond acceptors (Lipinski definition) is 5. The quantitative estimate of drug-likeness (QED) is 0.848. The van der Waals surface area contributed by atoms with Crippen molar-refractivity contribution in [2.45, 2.75) is 50.4 Å². The Balaban J connectivity index is 1.33. The van der Waals surface area contributed by atoms with Crippen LogP contribution in [0.15, 0.2) is 24.5 Å².